The van der Waals surface area contributed by atoms with Gasteiger partial charge in [-0.15, -0.1) is 0 Å². The highest BCUT2D eigenvalue weighted by molar-refractivity contribution is 5.74. The molecule has 0 unspecified atom stereocenters. The fourth-order valence-corrected chi connectivity index (χ4v) is 2.47. The lowest BCUT2D eigenvalue weighted by Crippen LogP contribution is -1.88. The number of phenolic OH excluding ortho intramolecular Hbond substituents is 2. The molecule has 0 saturated heterocycles. The Morgan fingerprint density at radius 3 is 2.00 bits per heavy atom. The minimum absolute atomic E-state index is 0.0146. The molecule has 0 bridgehead atoms. The normalized spacial score (nSPS) is 10.7. The second-order valence-corrected chi connectivity index (χ2v) is 5.17. The predicted octanol–water partition coefficient (Wildman–Crippen LogP) is 4.67. The number of aromatic hydroxyl groups is 2. The maximum Gasteiger partial charge on any atom is 0.165 e. The lowest BCUT2D eigenvalue weighted by atomic mass is 9.98. The van der Waals surface area contributed by atoms with E-state index in [2.05, 4.69) is 26.0 Å². The zero-order valence-corrected chi connectivity index (χ0v) is 12.2. The van der Waals surface area contributed by atoms with Crippen LogP contribution < -0.4 is 0 Å². The molecule has 0 spiro atoms. The molecule has 0 heterocycles. The molecular formula is C18H22O2. The van der Waals surface area contributed by atoms with Crippen molar-refractivity contribution >= 4 is 0 Å². The molecule has 2 nitrogen and oxygen atoms in total. The van der Waals surface area contributed by atoms with Gasteiger partial charge < -0.3 is 10.2 Å². The van der Waals surface area contributed by atoms with E-state index in [-0.39, 0.29) is 11.5 Å². The van der Waals surface area contributed by atoms with Crippen molar-refractivity contribution in [2.75, 3.05) is 0 Å². The van der Waals surface area contributed by atoms with E-state index in [1.54, 1.807) is 0 Å². The summed E-state index contributed by atoms with van der Waals surface area (Å²) in [5.41, 5.74) is 3.71. The standard InChI is InChI=1S/C18H22O2/c1-3-5-13-7-9-14(10-8-13)16-12-11-15(6-4-2)17(19)18(16)20/h7-12,19-20H,3-6H2,1-2H3. The molecular weight excluding hydrogens is 248 g/mol. The van der Waals surface area contributed by atoms with Crippen molar-refractivity contribution in [3.8, 4) is 22.6 Å². The molecule has 0 aliphatic heterocycles. The summed E-state index contributed by atoms with van der Waals surface area (Å²) in [5.74, 6) is 0.00109. The van der Waals surface area contributed by atoms with Crippen molar-refractivity contribution in [2.45, 2.75) is 39.5 Å². The zero-order chi connectivity index (χ0) is 14.5. The largest absolute Gasteiger partial charge is 0.504 e. The quantitative estimate of drug-likeness (QED) is 0.775. The average molecular weight is 270 g/mol. The second kappa shape index (κ2) is 6.47. The molecule has 0 fully saturated rings. The molecule has 0 saturated carbocycles. The molecule has 20 heavy (non-hydrogen) atoms. The maximum absolute atomic E-state index is 10.2. The van der Waals surface area contributed by atoms with Crippen LogP contribution in [0.3, 0.4) is 0 Å². The average Bonchev–Trinajstić information content (AvgIpc) is 2.46. The Bertz CT molecular complexity index is 571. The van der Waals surface area contributed by atoms with Crippen LogP contribution in [-0.2, 0) is 12.8 Å². The first-order chi connectivity index (χ1) is 9.67. The van der Waals surface area contributed by atoms with E-state index in [9.17, 15) is 10.2 Å². The minimum atomic E-state index is -0.0146. The summed E-state index contributed by atoms with van der Waals surface area (Å²) in [7, 11) is 0. The van der Waals surface area contributed by atoms with E-state index >= 15 is 0 Å². The van der Waals surface area contributed by atoms with Crippen molar-refractivity contribution in [3.63, 3.8) is 0 Å². The summed E-state index contributed by atoms with van der Waals surface area (Å²) in [5, 5.41) is 20.2. The Morgan fingerprint density at radius 1 is 0.750 bits per heavy atom. The van der Waals surface area contributed by atoms with Gasteiger partial charge in [-0.25, -0.2) is 0 Å². The van der Waals surface area contributed by atoms with Crippen LogP contribution in [0.4, 0.5) is 0 Å². The summed E-state index contributed by atoms with van der Waals surface area (Å²) in [6.07, 6.45) is 3.90. The number of hydrogen-bond acceptors (Lipinski definition) is 2. The van der Waals surface area contributed by atoms with Gasteiger partial charge in [0.1, 0.15) is 0 Å². The molecule has 0 amide bonds. The molecule has 2 rings (SSSR count). The molecule has 0 atom stereocenters. The number of benzene rings is 2. The van der Waals surface area contributed by atoms with Gasteiger partial charge in [-0.3, -0.25) is 0 Å². The van der Waals surface area contributed by atoms with Crippen molar-refractivity contribution in [3.05, 3.63) is 47.5 Å². The van der Waals surface area contributed by atoms with Gasteiger partial charge in [-0.05, 0) is 29.5 Å². The van der Waals surface area contributed by atoms with Crippen LogP contribution >= 0.6 is 0 Å². The number of rotatable bonds is 5. The van der Waals surface area contributed by atoms with Crippen LogP contribution in [0.2, 0.25) is 0 Å². The first kappa shape index (κ1) is 14.4. The van der Waals surface area contributed by atoms with Crippen LogP contribution in [0, 0.1) is 0 Å². The Morgan fingerprint density at radius 2 is 1.40 bits per heavy atom. The van der Waals surface area contributed by atoms with Crippen LogP contribution in [0.1, 0.15) is 37.8 Å². The molecule has 2 N–H and O–H groups in total. The van der Waals surface area contributed by atoms with E-state index in [0.29, 0.717) is 5.56 Å². The highest BCUT2D eigenvalue weighted by atomic mass is 16.3. The summed E-state index contributed by atoms with van der Waals surface area (Å²) in [6.45, 7) is 4.21. The number of hydrogen-bond donors (Lipinski definition) is 2. The highest BCUT2D eigenvalue weighted by Gasteiger charge is 2.12. The summed E-state index contributed by atoms with van der Waals surface area (Å²) in [4.78, 5) is 0. The number of phenols is 2. The van der Waals surface area contributed by atoms with Crippen LogP contribution in [-0.4, -0.2) is 10.2 Å². The van der Waals surface area contributed by atoms with E-state index in [0.717, 1.165) is 36.8 Å². The summed E-state index contributed by atoms with van der Waals surface area (Å²) in [6, 6.07) is 11.9. The lowest BCUT2D eigenvalue weighted by molar-refractivity contribution is 0.400. The highest BCUT2D eigenvalue weighted by Crippen LogP contribution is 2.39. The van der Waals surface area contributed by atoms with Crippen LogP contribution in [0.5, 0.6) is 11.5 Å². The van der Waals surface area contributed by atoms with Gasteiger partial charge in [0.2, 0.25) is 0 Å². The van der Waals surface area contributed by atoms with Gasteiger partial charge in [0, 0.05) is 5.56 Å². The molecule has 106 valence electrons. The van der Waals surface area contributed by atoms with Crippen molar-refractivity contribution in [1.82, 2.24) is 0 Å². The second-order valence-electron chi connectivity index (χ2n) is 5.17. The Balaban J connectivity index is 2.35. The van der Waals surface area contributed by atoms with E-state index < -0.39 is 0 Å². The summed E-state index contributed by atoms with van der Waals surface area (Å²) < 4.78 is 0. The molecule has 2 heteroatoms. The third-order valence-corrected chi connectivity index (χ3v) is 3.56. The van der Waals surface area contributed by atoms with E-state index in [4.69, 9.17) is 0 Å². The molecule has 0 aliphatic carbocycles. The lowest BCUT2D eigenvalue weighted by Gasteiger charge is -2.11. The third kappa shape index (κ3) is 2.96. The smallest absolute Gasteiger partial charge is 0.165 e. The number of aryl methyl sites for hydroxylation is 2. The van der Waals surface area contributed by atoms with Crippen molar-refractivity contribution in [1.29, 1.82) is 0 Å². The van der Waals surface area contributed by atoms with Crippen LogP contribution in [0.25, 0.3) is 11.1 Å². The van der Waals surface area contributed by atoms with Gasteiger partial charge >= 0.3 is 0 Å². The Kier molecular flexibility index (Phi) is 4.67. The van der Waals surface area contributed by atoms with Crippen LogP contribution in [0.15, 0.2) is 36.4 Å². The molecule has 2 aromatic carbocycles. The minimum Gasteiger partial charge on any atom is -0.504 e. The fraction of sp³-hybridized carbons (Fsp3) is 0.333. The van der Waals surface area contributed by atoms with Crippen molar-refractivity contribution < 1.29 is 10.2 Å². The van der Waals surface area contributed by atoms with Gasteiger partial charge in [0.15, 0.2) is 11.5 Å². The zero-order valence-electron chi connectivity index (χ0n) is 12.2. The first-order valence-corrected chi connectivity index (χ1v) is 7.30. The predicted molar refractivity (Wildman–Crippen MR) is 83.2 cm³/mol. The van der Waals surface area contributed by atoms with Gasteiger partial charge in [-0.2, -0.15) is 0 Å². The SMILES string of the molecule is CCCc1ccc(-c2ccc(CCC)c(O)c2O)cc1. The molecule has 0 aliphatic rings. The van der Waals surface area contributed by atoms with Gasteiger partial charge in [-0.1, -0.05) is 63.1 Å². The maximum atomic E-state index is 10.2. The van der Waals surface area contributed by atoms with E-state index in [1.807, 2.05) is 24.3 Å². The van der Waals surface area contributed by atoms with E-state index in [1.165, 1.54) is 5.56 Å². The van der Waals surface area contributed by atoms with Gasteiger partial charge in [0.25, 0.3) is 0 Å². The van der Waals surface area contributed by atoms with Gasteiger partial charge in [0.05, 0.1) is 0 Å². The molecule has 0 aromatic heterocycles. The topological polar surface area (TPSA) is 40.5 Å². The summed E-state index contributed by atoms with van der Waals surface area (Å²) >= 11 is 0. The first-order valence-electron chi connectivity index (χ1n) is 7.30. The third-order valence-electron chi connectivity index (χ3n) is 3.56. The monoisotopic (exact) mass is 270 g/mol. The fourth-order valence-electron chi connectivity index (χ4n) is 2.47. The Hall–Kier alpha value is -1.96. The Labute approximate surface area is 120 Å². The molecule has 0 radical (unpaired) electrons. The van der Waals surface area contributed by atoms with Crippen molar-refractivity contribution in [2.24, 2.45) is 0 Å². The molecule has 2 aromatic rings.